The van der Waals surface area contributed by atoms with Crippen molar-refractivity contribution in [3.8, 4) is 0 Å². The molecule has 2 aliphatic rings. The van der Waals surface area contributed by atoms with Crippen molar-refractivity contribution in [3.05, 3.63) is 44.5 Å². The molecular formula is C31H34Cl4N10O17. The summed E-state index contributed by atoms with van der Waals surface area (Å²) in [5.41, 5.74) is 0.396. The predicted octanol–water partition coefficient (Wildman–Crippen LogP) is 3.56. The smallest absolute Gasteiger partial charge is 0.352 e. The number of aliphatic carboxylic acids is 1. The van der Waals surface area contributed by atoms with Crippen LogP contribution in [0.3, 0.4) is 0 Å². The van der Waals surface area contributed by atoms with Crippen LogP contribution in [0.25, 0.3) is 22.1 Å². The van der Waals surface area contributed by atoms with Crippen LogP contribution in [0.2, 0.25) is 0 Å². The highest BCUT2D eigenvalue weighted by Crippen LogP contribution is 2.31. The molecule has 2 fully saturated rings. The van der Waals surface area contributed by atoms with E-state index >= 15 is 0 Å². The number of non-ortho nitro benzene ring substituents is 2. The molecule has 0 unspecified atom stereocenters. The van der Waals surface area contributed by atoms with Gasteiger partial charge in [0.15, 0.2) is 11.0 Å². The number of alkyl halides is 2. The van der Waals surface area contributed by atoms with Gasteiger partial charge in [0.05, 0.1) is 26.6 Å². The summed E-state index contributed by atoms with van der Waals surface area (Å²) in [7, 11) is 3.04. The van der Waals surface area contributed by atoms with E-state index in [9.17, 15) is 58.6 Å². The maximum atomic E-state index is 11.9. The molecule has 4 heterocycles. The number of fused-ring (bicyclic) bond motifs is 2. The number of rotatable bonds is 10. The number of carboxylic acids is 1. The number of aromatic nitrogens is 4. The fourth-order valence-electron chi connectivity index (χ4n) is 4.51. The van der Waals surface area contributed by atoms with Crippen molar-refractivity contribution in [2.45, 2.75) is 40.5 Å². The molecule has 0 saturated carbocycles. The minimum absolute atomic E-state index is 0. The topological polar surface area (TPSA) is 363 Å². The standard InChI is InChI=1S/C13H11N5O7.C9H8N4O5.C4H5NO3.C2Cl2O2.CH2Cl2.2CH4/c1-16(6-11(21)24-17-9(19)4-5-10(17)20)7-2-3-8(18(22)23)13-12(7)14-25-15-13;1-12(4-7(14)15)5-2-3-6(13(16)17)9-8(5)10-18-11-9;6-3-1-2-4(7)5(3)8;3-1(5)2(4)6;2-1-3;;/h2-3H,4-6H2,1H3;2-3H,4H2,1H3,(H,14,15);8H,1-2H2;;1H2;2*1H4. The van der Waals surface area contributed by atoms with Gasteiger partial charge in [-0.2, -0.15) is 5.06 Å². The third-order valence-corrected chi connectivity index (χ3v) is 7.52. The van der Waals surface area contributed by atoms with Gasteiger partial charge in [0.2, 0.25) is 11.0 Å². The predicted molar refractivity (Wildman–Crippen MR) is 213 cm³/mol. The Morgan fingerprint density at radius 3 is 1.35 bits per heavy atom. The van der Waals surface area contributed by atoms with E-state index in [-0.39, 0.29) is 97.5 Å². The Kier molecular flexibility index (Phi) is 23.0. The highest BCUT2D eigenvalue weighted by Gasteiger charge is 2.33. The molecule has 2 saturated heterocycles. The number of imide groups is 2. The van der Waals surface area contributed by atoms with Gasteiger partial charge < -0.3 is 19.7 Å². The second-order valence-electron chi connectivity index (χ2n) is 11.0. The summed E-state index contributed by atoms with van der Waals surface area (Å²) in [6.45, 7) is -0.601. The van der Waals surface area contributed by atoms with E-state index in [4.69, 9.17) is 38.4 Å². The van der Waals surface area contributed by atoms with E-state index in [1.54, 1.807) is 0 Å². The Balaban J connectivity index is 0.000000874. The van der Waals surface area contributed by atoms with Crippen LogP contribution in [0.15, 0.2) is 33.5 Å². The molecule has 2 aromatic carbocycles. The third kappa shape index (κ3) is 15.4. The number of hydrogen-bond donors (Lipinski definition) is 2. The lowest BCUT2D eigenvalue weighted by Gasteiger charge is -2.19. The molecule has 2 aromatic heterocycles. The van der Waals surface area contributed by atoms with Crippen molar-refractivity contribution < 1.29 is 72.6 Å². The number of likely N-dealkylation sites (N-methyl/N-ethyl adjacent to an activating group) is 2. The number of benzene rings is 2. The fourth-order valence-corrected chi connectivity index (χ4v) is 4.51. The molecule has 31 heteroatoms. The average molecular weight is 960 g/mol. The van der Waals surface area contributed by atoms with Gasteiger partial charge >= 0.3 is 33.8 Å². The largest absolute Gasteiger partial charge is 0.480 e. The van der Waals surface area contributed by atoms with Gasteiger partial charge in [0.1, 0.15) is 13.1 Å². The number of anilines is 2. The lowest BCUT2D eigenvalue weighted by Crippen LogP contribution is -2.36. The maximum absolute atomic E-state index is 11.9. The van der Waals surface area contributed by atoms with Gasteiger partial charge in [-0.1, -0.05) is 14.9 Å². The molecule has 62 heavy (non-hydrogen) atoms. The molecular weight excluding hydrogens is 926 g/mol. The molecule has 0 atom stereocenters. The number of carboxylic acid groups (broad SMARTS) is 1. The second kappa shape index (κ2) is 25.8. The van der Waals surface area contributed by atoms with Gasteiger partial charge in [0.25, 0.3) is 23.6 Å². The van der Waals surface area contributed by atoms with E-state index in [1.165, 1.54) is 48.2 Å². The number of carbonyl (C=O) groups is 8. The van der Waals surface area contributed by atoms with Crippen LogP contribution < -0.4 is 9.80 Å². The third-order valence-electron chi connectivity index (χ3n) is 7.08. The summed E-state index contributed by atoms with van der Waals surface area (Å²) >= 11 is 18.5. The van der Waals surface area contributed by atoms with Crippen LogP contribution >= 0.6 is 46.4 Å². The Morgan fingerprint density at radius 2 is 1.05 bits per heavy atom. The lowest BCUT2D eigenvalue weighted by atomic mass is 10.2. The fraction of sp³-hybridized carbons (Fsp3) is 0.355. The van der Waals surface area contributed by atoms with Gasteiger partial charge in [-0.15, -0.1) is 28.3 Å². The summed E-state index contributed by atoms with van der Waals surface area (Å²) in [6.07, 6.45) is 0.287. The van der Waals surface area contributed by atoms with Crippen LogP contribution in [0.4, 0.5) is 22.7 Å². The van der Waals surface area contributed by atoms with E-state index in [1.807, 2.05) is 0 Å². The number of nitrogens with zero attached hydrogens (tertiary/aromatic N) is 10. The van der Waals surface area contributed by atoms with Gasteiger partial charge in [-0.25, -0.2) is 14.1 Å². The van der Waals surface area contributed by atoms with Crippen LogP contribution in [0, 0.1) is 20.2 Å². The van der Waals surface area contributed by atoms with Crippen LogP contribution in [-0.2, 0) is 43.2 Å². The molecule has 2 aliphatic heterocycles. The maximum Gasteiger partial charge on any atom is 0.352 e. The number of hydroxylamine groups is 4. The van der Waals surface area contributed by atoms with E-state index in [0.717, 1.165) is 0 Å². The van der Waals surface area contributed by atoms with Crippen LogP contribution in [0.5, 0.6) is 0 Å². The van der Waals surface area contributed by atoms with Crippen molar-refractivity contribution >= 4 is 137 Å². The minimum atomic E-state index is -1.14. The van der Waals surface area contributed by atoms with Crippen molar-refractivity contribution in [2.24, 2.45) is 0 Å². The number of nitro groups is 2. The quantitative estimate of drug-likeness (QED) is 0.0436. The average Bonchev–Trinajstić information content (AvgIpc) is 3.99. The molecule has 0 spiro atoms. The molecule has 0 radical (unpaired) electrons. The van der Waals surface area contributed by atoms with Crippen molar-refractivity contribution in [1.82, 2.24) is 30.8 Å². The van der Waals surface area contributed by atoms with Gasteiger partial charge in [0, 0.05) is 51.9 Å². The zero-order chi connectivity index (χ0) is 45.4. The minimum Gasteiger partial charge on any atom is -0.480 e. The molecule has 2 N–H and O–H groups in total. The second-order valence-corrected chi connectivity index (χ2v) is 12.5. The van der Waals surface area contributed by atoms with Crippen molar-refractivity contribution in [3.63, 3.8) is 0 Å². The summed E-state index contributed by atoms with van der Waals surface area (Å²) in [5, 5.41) is 51.5. The Morgan fingerprint density at radius 1 is 0.710 bits per heavy atom. The first-order chi connectivity index (χ1) is 28.2. The first-order valence-corrected chi connectivity index (χ1v) is 17.5. The number of carbonyl (C=O) groups excluding carboxylic acids is 7. The van der Waals surface area contributed by atoms with E-state index in [2.05, 4.69) is 53.1 Å². The van der Waals surface area contributed by atoms with Crippen LogP contribution in [0.1, 0.15) is 40.5 Å². The molecule has 4 aromatic rings. The molecule has 27 nitrogen and oxygen atoms in total. The zero-order valence-corrected chi connectivity index (χ0v) is 33.3. The Labute approximate surface area is 367 Å². The highest BCUT2D eigenvalue weighted by molar-refractivity contribution is 6.97. The molecule has 0 bridgehead atoms. The summed E-state index contributed by atoms with van der Waals surface area (Å²) in [5.74, 6) is -4.06. The number of halogens is 4. The summed E-state index contributed by atoms with van der Waals surface area (Å²) in [4.78, 5) is 113. The Bertz CT molecular complexity index is 2260. The molecule has 4 amide bonds. The lowest BCUT2D eigenvalue weighted by molar-refractivity contribution is -0.383. The van der Waals surface area contributed by atoms with E-state index in [0.29, 0.717) is 16.4 Å². The van der Waals surface area contributed by atoms with Crippen molar-refractivity contribution in [1.29, 1.82) is 0 Å². The molecule has 0 aliphatic carbocycles. The summed E-state index contributed by atoms with van der Waals surface area (Å²) in [6, 6.07) is 5.23. The van der Waals surface area contributed by atoms with Crippen LogP contribution in [-0.4, -0.2) is 129 Å². The highest BCUT2D eigenvalue weighted by atomic mass is 35.5. The normalized spacial score (nSPS) is 12.4. The number of amides is 4. The number of hydrogen-bond acceptors (Lipinski definition) is 22. The monoisotopic (exact) mass is 958 g/mol. The Hall–Kier alpha value is -6.68. The van der Waals surface area contributed by atoms with Gasteiger partial charge in [-0.3, -0.25) is 59.0 Å². The first kappa shape index (κ1) is 55.3. The zero-order valence-electron chi connectivity index (χ0n) is 30.3. The molecule has 338 valence electrons. The first-order valence-electron chi connectivity index (χ1n) is 15.7. The number of nitro benzene ring substituents is 2. The van der Waals surface area contributed by atoms with Gasteiger partial charge in [-0.05, 0) is 56.0 Å². The van der Waals surface area contributed by atoms with Crippen molar-refractivity contribution in [2.75, 3.05) is 42.3 Å². The summed E-state index contributed by atoms with van der Waals surface area (Å²) < 4.78 is 9.02. The SMILES string of the molecule is C.C.CN(CC(=O)O)c1ccc([N+](=O)[O-])c2nonc12.CN(CC(=O)ON1C(=O)CCC1=O)c1ccc([N+](=O)[O-])c2nonc12.ClCCl.O=C(Cl)C(=O)Cl.O=C1CCC(=O)N1O. The van der Waals surface area contributed by atoms with E-state index < -0.39 is 55.9 Å². The molecule has 6 rings (SSSR count).